The molecule has 0 radical (unpaired) electrons. The maximum absolute atomic E-state index is 12.7. The molecule has 2 aromatic rings. The number of sulfone groups is 1. The minimum Gasteiger partial charge on any atom is -0.325 e. The molecule has 0 aliphatic heterocycles. The zero-order chi connectivity index (χ0) is 21.8. The quantitative estimate of drug-likeness (QED) is 0.388. The number of nitrogens with zero attached hydrogens (tertiary/aromatic N) is 1. The van der Waals surface area contributed by atoms with Crippen molar-refractivity contribution in [1.29, 1.82) is 0 Å². The smallest absolute Gasteiger partial charge is 0.325 e. The summed E-state index contributed by atoms with van der Waals surface area (Å²) in [4.78, 5) is 22.2. The van der Waals surface area contributed by atoms with E-state index in [0.29, 0.717) is 29.6 Å². The third-order valence-electron chi connectivity index (χ3n) is 3.72. The van der Waals surface area contributed by atoms with Gasteiger partial charge in [0.25, 0.3) is 5.69 Å². The lowest BCUT2D eigenvalue weighted by molar-refractivity contribution is -0.388. The molecule has 1 amide bonds. The second kappa shape index (κ2) is 8.82. The molecule has 7 nitrogen and oxygen atoms in total. The summed E-state index contributed by atoms with van der Waals surface area (Å²) in [5.41, 5.74) is -1.58. The van der Waals surface area contributed by atoms with Gasteiger partial charge in [-0.1, -0.05) is 6.92 Å². The fourth-order valence-electron chi connectivity index (χ4n) is 2.21. The molecule has 0 spiro atoms. The average Bonchev–Trinajstić information content (AvgIpc) is 2.65. The van der Waals surface area contributed by atoms with E-state index in [1.165, 1.54) is 31.2 Å². The van der Waals surface area contributed by atoms with Gasteiger partial charge in [0.2, 0.25) is 5.91 Å². The van der Waals surface area contributed by atoms with Gasteiger partial charge >= 0.3 is 6.18 Å². The number of halogens is 3. The minimum absolute atomic E-state index is 0.0682. The molecule has 0 bridgehead atoms. The summed E-state index contributed by atoms with van der Waals surface area (Å²) < 4.78 is 61.6. The Morgan fingerprint density at radius 3 is 2.31 bits per heavy atom. The highest BCUT2D eigenvalue weighted by atomic mass is 32.2. The molecule has 0 aromatic heterocycles. The van der Waals surface area contributed by atoms with Crippen LogP contribution < -0.4 is 5.32 Å². The van der Waals surface area contributed by atoms with Crippen LogP contribution >= 0.6 is 11.8 Å². The molecule has 1 N–H and O–H groups in total. The molecule has 0 saturated carbocycles. The van der Waals surface area contributed by atoms with E-state index in [0.717, 1.165) is 6.07 Å². The Morgan fingerprint density at radius 1 is 1.17 bits per heavy atom. The van der Waals surface area contributed by atoms with E-state index in [9.17, 15) is 36.5 Å². The van der Waals surface area contributed by atoms with E-state index in [1.807, 2.05) is 0 Å². The molecule has 0 atom stereocenters. The fraction of sp³-hybridized carbons (Fsp3) is 0.235. The summed E-state index contributed by atoms with van der Waals surface area (Å²) in [7, 11) is -3.38. The zero-order valence-electron chi connectivity index (χ0n) is 14.9. The Hall–Kier alpha value is -2.60. The Balaban J connectivity index is 2.06. The first-order valence-electron chi connectivity index (χ1n) is 8.05. The van der Waals surface area contributed by atoms with Crippen molar-refractivity contribution in [3.8, 4) is 0 Å². The van der Waals surface area contributed by atoms with Gasteiger partial charge in [0.1, 0.15) is 0 Å². The first-order valence-corrected chi connectivity index (χ1v) is 10.7. The van der Waals surface area contributed by atoms with Crippen LogP contribution in [0.25, 0.3) is 0 Å². The van der Waals surface area contributed by atoms with Crippen LogP contribution in [0.1, 0.15) is 12.5 Å². The lowest BCUT2D eigenvalue weighted by Gasteiger charge is -2.09. The van der Waals surface area contributed by atoms with Crippen LogP contribution in [0.4, 0.5) is 24.5 Å². The molecule has 0 aliphatic rings. The normalized spacial score (nSPS) is 11.9. The standard InChI is InChI=1S/C17H15F3N2O5S2/c1-2-29(26,27)13-6-4-12(5-7-13)21-16(23)10-28-15-8-3-11(17(18,19)20)9-14(15)22(24)25/h3-9H,2,10H2,1H3,(H,21,23). The molecule has 0 heterocycles. The summed E-state index contributed by atoms with van der Waals surface area (Å²) >= 11 is 0.716. The van der Waals surface area contributed by atoms with Gasteiger partial charge in [-0.2, -0.15) is 13.2 Å². The number of rotatable bonds is 7. The maximum Gasteiger partial charge on any atom is 0.416 e. The molecule has 2 aromatic carbocycles. The predicted molar refractivity (Wildman–Crippen MR) is 102 cm³/mol. The fourth-order valence-corrected chi connectivity index (χ4v) is 3.90. The number of hydrogen-bond donors (Lipinski definition) is 1. The first-order chi connectivity index (χ1) is 13.4. The van der Waals surface area contributed by atoms with Gasteiger partial charge in [0, 0.05) is 11.8 Å². The molecule has 0 saturated heterocycles. The monoisotopic (exact) mass is 448 g/mol. The molecule has 0 aliphatic carbocycles. The maximum atomic E-state index is 12.7. The number of anilines is 1. The topological polar surface area (TPSA) is 106 Å². The highest BCUT2D eigenvalue weighted by molar-refractivity contribution is 8.00. The van der Waals surface area contributed by atoms with Gasteiger partial charge in [0.15, 0.2) is 9.84 Å². The van der Waals surface area contributed by atoms with Crippen LogP contribution in [0.5, 0.6) is 0 Å². The molecular formula is C17H15F3N2O5S2. The van der Waals surface area contributed by atoms with Crippen molar-refractivity contribution < 1.29 is 31.3 Å². The van der Waals surface area contributed by atoms with E-state index in [1.54, 1.807) is 0 Å². The largest absolute Gasteiger partial charge is 0.416 e. The van der Waals surface area contributed by atoms with Gasteiger partial charge in [0.05, 0.1) is 31.8 Å². The van der Waals surface area contributed by atoms with Crippen molar-refractivity contribution >= 4 is 38.9 Å². The number of thioether (sulfide) groups is 1. The molecule has 2 rings (SSSR count). The van der Waals surface area contributed by atoms with Gasteiger partial charge in [-0.05, 0) is 36.4 Å². The molecule has 12 heteroatoms. The number of amides is 1. The lowest BCUT2D eigenvalue weighted by atomic mass is 10.2. The van der Waals surface area contributed by atoms with E-state index < -0.39 is 38.1 Å². The van der Waals surface area contributed by atoms with Crippen molar-refractivity contribution in [2.45, 2.75) is 22.9 Å². The van der Waals surface area contributed by atoms with Crippen LogP contribution in [0, 0.1) is 10.1 Å². The van der Waals surface area contributed by atoms with Crippen LogP contribution in [0.3, 0.4) is 0 Å². The van der Waals surface area contributed by atoms with Crippen molar-refractivity contribution in [3.63, 3.8) is 0 Å². The molecular weight excluding hydrogens is 433 g/mol. The lowest BCUT2D eigenvalue weighted by Crippen LogP contribution is -2.14. The summed E-state index contributed by atoms with van der Waals surface area (Å²) in [5.74, 6) is -0.919. The number of nitro groups is 1. The third kappa shape index (κ3) is 5.94. The van der Waals surface area contributed by atoms with E-state index in [-0.39, 0.29) is 21.3 Å². The van der Waals surface area contributed by atoms with Crippen LogP contribution in [0.2, 0.25) is 0 Å². The summed E-state index contributed by atoms with van der Waals surface area (Å²) in [6.07, 6.45) is -4.72. The van der Waals surface area contributed by atoms with E-state index >= 15 is 0 Å². The van der Waals surface area contributed by atoms with Gasteiger partial charge in [-0.25, -0.2) is 8.42 Å². The molecule has 29 heavy (non-hydrogen) atoms. The number of carbonyl (C=O) groups is 1. The minimum atomic E-state index is -4.72. The number of benzene rings is 2. The van der Waals surface area contributed by atoms with Gasteiger partial charge in [-0.3, -0.25) is 14.9 Å². The Bertz CT molecular complexity index is 1020. The summed E-state index contributed by atoms with van der Waals surface area (Å²) in [6, 6.07) is 7.54. The van der Waals surface area contributed by atoms with Gasteiger partial charge in [-0.15, -0.1) is 11.8 Å². The van der Waals surface area contributed by atoms with E-state index in [4.69, 9.17) is 0 Å². The van der Waals surface area contributed by atoms with Crippen LogP contribution in [-0.4, -0.2) is 30.8 Å². The SMILES string of the molecule is CCS(=O)(=O)c1ccc(NC(=O)CSc2ccc(C(F)(F)F)cc2[N+](=O)[O-])cc1. The van der Waals surface area contributed by atoms with Crippen LogP contribution in [0.15, 0.2) is 52.3 Å². The second-order valence-corrected chi connectivity index (χ2v) is 9.00. The van der Waals surface area contributed by atoms with E-state index in [2.05, 4.69) is 5.32 Å². The van der Waals surface area contributed by atoms with Crippen molar-refractivity contribution in [3.05, 3.63) is 58.1 Å². The predicted octanol–water partition coefficient (Wildman–Crippen LogP) is 4.14. The number of carbonyl (C=O) groups excluding carboxylic acids is 1. The highest BCUT2D eigenvalue weighted by Crippen LogP contribution is 2.36. The Morgan fingerprint density at radius 2 is 1.79 bits per heavy atom. The number of nitrogens with one attached hydrogen (secondary N) is 1. The van der Waals surface area contributed by atoms with Gasteiger partial charge < -0.3 is 5.32 Å². The Labute approximate surface area is 168 Å². The molecule has 0 fully saturated rings. The first kappa shape index (κ1) is 22.7. The number of hydrogen-bond acceptors (Lipinski definition) is 6. The average molecular weight is 448 g/mol. The summed E-state index contributed by atoms with van der Waals surface area (Å²) in [6.45, 7) is 1.50. The third-order valence-corrected chi connectivity index (χ3v) is 6.53. The molecule has 0 unspecified atom stereocenters. The van der Waals surface area contributed by atoms with Crippen LogP contribution in [-0.2, 0) is 20.8 Å². The highest BCUT2D eigenvalue weighted by Gasteiger charge is 2.33. The summed E-state index contributed by atoms with van der Waals surface area (Å²) in [5, 5.41) is 13.5. The van der Waals surface area contributed by atoms with Crippen molar-refractivity contribution in [2.24, 2.45) is 0 Å². The molecule has 156 valence electrons. The number of alkyl halides is 3. The zero-order valence-corrected chi connectivity index (χ0v) is 16.5. The van der Waals surface area contributed by atoms with Crippen molar-refractivity contribution in [1.82, 2.24) is 0 Å². The Kier molecular flexibility index (Phi) is 6.90. The second-order valence-electron chi connectivity index (χ2n) is 5.70. The van der Waals surface area contributed by atoms with Crippen molar-refractivity contribution in [2.75, 3.05) is 16.8 Å². The number of nitro benzene ring substituents is 1.